The minimum atomic E-state index is -0.523. The molecule has 132 valence electrons. The van der Waals surface area contributed by atoms with Crippen molar-refractivity contribution in [1.29, 1.82) is 0 Å². The van der Waals surface area contributed by atoms with Crippen LogP contribution in [0, 0.1) is 20.2 Å². The Hall–Kier alpha value is -3.62. The van der Waals surface area contributed by atoms with Crippen LogP contribution < -0.4 is 4.90 Å². The number of nitro groups is 2. The van der Waals surface area contributed by atoms with Crippen LogP contribution in [0.2, 0.25) is 0 Å². The predicted octanol–water partition coefficient (Wildman–Crippen LogP) is 3.38. The van der Waals surface area contributed by atoms with E-state index in [1.165, 1.54) is 47.4 Å². The van der Waals surface area contributed by atoms with Gasteiger partial charge in [-0.05, 0) is 30.7 Å². The highest BCUT2D eigenvalue weighted by atomic mass is 16.6. The van der Waals surface area contributed by atoms with Gasteiger partial charge in [-0.3, -0.25) is 25.0 Å². The van der Waals surface area contributed by atoms with E-state index >= 15 is 0 Å². The molecule has 26 heavy (non-hydrogen) atoms. The van der Waals surface area contributed by atoms with Gasteiger partial charge in [0.25, 0.3) is 11.4 Å². The van der Waals surface area contributed by atoms with Gasteiger partial charge in [0.2, 0.25) is 5.91 Å². The largest absolute Gasteiger partial charge is 0.310 e. The molecule has 0 aliphatic carbocycles. The van der Waals surface area contributed by atoms with Crippen molar-refractivity contribution in [2.45, 2.75) is 13.3 Å². The summed E-state index contributed by atoms with van der Waals surface area (Å²) in [5.41, 5.74) is 1.59. The summed E-state index contributed by atoms with van der Waals surface area (Å²) in [7, 11) is 0. The molecular formula is C17H14N4O5. The molecule has 0 saturated carbocycles. The van der Waals surface area contributed by atoms with Crippen molar-refractivity contribution in [2.24, 2.45) is 4.99 Å². The molecule has 9 heteroatoms. The van der Waals surface area contributed by atoms with E-state index in [0.29, 0.717) is 29.2 Å². The summed E-state index contributed by atoms with van der Waals surface area (Å²) in [6.07, 6.45) is -0.00582. The fraction of sp³-hybridized carbons (Fsp3) is 0.176. The van der Waals surface area contributed by atoms with Gasteiger partial charge >= 0.3 is 0 Å². The molecule has 0 spiro atoms. The first-order valence-corrected chi connectivity index (χ1v) is 7.82. The molecule has 3 rings (SSSR count). The molecule has 0 unspecified atom stereocenters. The zero-order valence-corrected chi connectivity index (χ0v) is 13.8. The van der Waals surface area contributed by atoms with Crippen LogP contribution >= 0.6 is 0 Å². The van der Waals surface area contributed by atoms with Crippen LogP contribution in [0.4, 0.5) is 22.7 Å². The SMILES string of the molecule is CCN1C(=O)CC(c2ccc([N+](=O)[O-])cc2)=Nc2cc([N+](=O)[O-])ccc21. The maximum Gasteiger partial charge on any atom is 0.271 e. The molecule has 0 bridgehead atoms. The number of fused-ring (bicyclic) bond motifs is 1. The zero-order chi connectivity index (χ0) is 18.8. The van der Waals surface area contributed by atoms with Crippen LogP contribution in [0.15, 0.2) is 47.5 Å². The average Bonchev–Trinajstić information content (AvgIpc) is 2.76. The van der Waals surface area contributed by atoms with Crippen molar-refractivity contribution in [3.8, 4) is 0 Å². The van der Waals surface area contributed by atoms with E-state index in [2.05, 4.69) is 4.99 Å². The fourth-order valence-corrected chi connectivity index (χ4v) is 2.79. The molecule has 0 radical (unpaired) electrons. The van der Waals surface area contributed by atoms with E-state index in [-0.39, 0.29) is 23.7 Å². The molecule has 0 N–H and O–H groups in total. The number of carbonyl (C=O) groups excluding carboxylic acids is 1. The number of benzene rings is 2. The molecule has 0 saturated heterocycles. The number of nitrogens with zero attached hydrogens (tertiary/aromatic N) is 4. The van der Waals surface area contributed by atoms with Crippen LogP contribution in [0.1, 0.15) is 18.9 Å². The molecule has 9 nitrogen and oxygen atoms in total. The van der Waals surface area contributed by atoms with Crippen molar-refractivity contribution in [3.63, 3.8) is 0 Å². The topological polar surface area (TPSA) is 119 Å². The Kier molecular flexibility index (Phi) is 4.44. The zero-order valence-electron chi connectivity index (χ0n) is 13.8. The van der Waals surface area contributed by atoms with Crippen molar-refractivity contribution in [3.05, 3.63) is 68.3 Å². The van der Waals surface area contributed by atoms with Gasteiger partial charge in [0, 0.05) is 30.8 Å². The number of hydrogen-bond acceptors (Lipinski definition) is 6. The first-order valence-electron chi connectivity index (χ1n) is 7.82. The van der Waals surface area contributed by atoms with Crippen LogP contribution in [0.25, 0.3) is 0 Å². The van der Waals surface area contributed by atoms with Crippen LogP contribution in [0.5, 0.6) is 0 Å². The lowest BCUT2D eigenvalue weighted by Gasteiger charge is -2.20. The van der Waals surface area contributed by atoms with Gasteiger partial charge < -0.3 is 4.90 Å². The number of carbonyl (C=O) groups is 1. The average molecular weight is 354 g/mol. The van der Waals surface area contributed by atoms with Gasteiger partial charge in [-0.1, -0.05) is 0 Å². The second kappa shape index (κ2) is 6.71. The second-order valence-electron chi connectivity index (χ2n) is 5.61. The Morgan fingerprint density at radius 1 is 1.04 bits per heavy atom. The number of nitro benzene ring substituents is 2. The van der Waals surface area contributed by atoms with E-state index in [1.54, 1.807) is 6.92 Å². The van der Waals surface area contributed by atoms with Gasteiger partial charge in [-0.15, -0.1) is 0 Å². The smallest absolute Gasteiger partial charge is 0.271 e. The normalized spacial score (nSPS) is 13.7. The molecule has 1 heterocycles. The third-order valence-corrected chi connectivity index (χ3v) is 4.06. The Morgan fingerprint density at radius 3 is 2.23 bits per heavy atom. The molecule has 0 fully saturated rings. The summed E-state index contributed by atoms with van der Waals surface area (Å²) < 4.78 is 0. The van der Waals surface area contributed by atoms with Crippen LogP contribution in [0.3, 0.4) is 0 Å². The lowest BCUT2D eigenvalue weighted by atomic mass is 10.1. The Morgan fingerprint density at radius 2 is 1.65 bits per heavy atom. The van der Waals surface area contributed by atoms with Gasteiger partial charge in [-0.25, -0.2) is 4.99 Å². The minimum absolute atomic E-state index is 0.00582. The molecule has 1 amide bonds. The van der Waals surface area contributed by atoms with Crippen molar-refractivity contribution in [1.82, 2.24) is 0 Å². The molecule has 0 atom stereocenters. The maximum absolute atomic E-state index is 12.6. The number of non-ortho nitro benzene ring substituents is 2. The van der Waals surface area contributed by atoms with Gasteiger partial charge in [0.05, 0.1) is 33.4 Å². The van der Waals surface area contributed by atoms with E-state index in [4.69, 9.17) is 0 Å². The Bertz CT molecular complexity index is 937. The fourth-order valence-electron chi connectivity index (χ4n) is 2.79. The molecule has 1 aliphatic heterocycles. The number of anilines is 1. The number of amides is 1. The van der Waals surface area contributed by atoms with Crippen LogP contribution in [-0.2, 0) is 4.79 Å². The summed E-state index contributed by atoms with van der Waals surface area (Å²) >= 11 is 0. The van der Waals surface area contributed by atoms with Crippen molar-refractivity contribution in [2.75, 3.05) is 11.4 Å². The molecule has 1 aliphatic rings. The third kappa shape index (κ3) is 3.14. The maximum atomic E-state index is 12.6. The summed E-state index contributed by atoms with van der Waals surface area (Å²) in [5.74, 6) is -0.197. The minimum Gasteiger partial charge on any atom is -0.310 e. The van der Waals surface area contributed by atoms with E-state index < -0.39 is 9.85 Å². The summed E-state index contributed by atoms with van der Waals surface area (Å²) in [5, 5.41) is 21.8. The quantitative estimate of drug-likeness (QED) is 0.616. The number of rotatable bonds is 4. The van der Waals surface area contributed by atoms with Crippen LogP contribution in [-0.4, -0.2) is 28.0 Å². The first kappa shape index (κ1) is 17.2. The van der Waals surface area contributed by atoms with E-state index in [9.17, 15) is 25.0 Å². The number of hydrogen-bond donors (Lipinski definition) is 0. The summed E-state index contributed by atoms with van der Waals surface area (Å²) in [6, 6.07) is 9.87. The summed E-state index contributed by atoms with van der Waals surface area (Å²) in [4.78, 5) is 39.4. The van der Waals surface area contributed by atoms with E-state index in [1.807, 2.05) is 0 Å². The van der Waals surface area contributed by atoms with Gasteiger partial charge in [0.1, 0.15) is 0 Å². The first-order chi connectivity index (χ1) is 12.4. The van der Waals surface area contributed by atoms with Crippen molar-refractivity contribution < 1.29 is 14.6 Å². The van der Waals surface area contributed by atoms with Crippen molar-refractivity contribution >= 4 is 34.4 Å². The second-order valence-corrected chi connectivity index (χ2v) is 5.61. The standard InChI is InChI=1S/C17H14N4O5/c1-2-19-16-8-7-13(21(25)26)9-15(16)18-14(10-17(19)22)11-3-5-12(6-4-11)20(23)24/h3-9H,2,10H2,1H3. The van der Waals surface area contributed by atoms with Gasteiger partial charge in [-0.2, -0.15) is 0 Å². The monoisotopic (exact) mass is 354 g/mol. The number of aliphatic imine (C=N–C) groups is 1. The molecular weight excluding hydrogens is 340 g/mol. The Balaban J connectivity index is 2.12. The lowest BCUT2D eigenvalue weighted by molar-refractivity contribution is -0.385. The highest BCUT2D eigenvalue weighted by Gasteiger charge is 2.25. The molecule has 0 aromatic heterocycles. The van der Waals surface area contributed by atoms with Gasteiger partial charge in [0.15, 0.2) is 0 Å². The molecule has 2 aromatic carbocycles. The highest BCUT2D eigenvalue weighted by molar-refractivity contribution is 6.17. The third-order valence-electron chi connectivity index (χ3n) is 4.06. The highest BCUT2D eigenvalue weighted by Crippen LogP contribution is 2.36. The summed E-state index contributed by atoms with van der Waals surface area (Å²) in [6.45, 7) is 2.20. The predicted molar refractivity (Wildman–Crippen MR) is 95.0 cm³/mol. The van der Waals surface area contributed by atoms with E-state index in [0.717, 1.165) is 0 Å². The lowest BCUT2D eigenvalue weighted by Crippen LogP contribution is -2.31. The molecule has 2 aromatic rings. The Labute approximate surface area is 147 Å².